The Balaban J connectivity index is 2.09. The highest BCUT2D eigenvalue weighted by molar-refractivity contribution is 8.00. The SMILES string of the molecule is CC(=O)c1ccc(N2CCSC(C)(C)CC2)o1. The maximum Gasteiger partial charge on any atom is 0.196 e. The summed E-state index contributed by atoms with van der Waals surface area (Å²) in [5, 5.41) is 0. The Morgan fingerprint density at radius 1 is 1.41 bits per heavy atom. The molecule has 1 aliphatic rings. The lowest BCUT2D eigenvalue weighted by atomic mass is 10.1. The molecule has 1 aromatic heterocycles. The summed E-state index contributed by atoms with van der Waals surface area (Å²) in [6.45, 7) is 8.07. The normalized spacial score (nSPS) is 20.1. The monoisotopic (exact) mass is 253 g/mol. The smallest absolute Gasteiger partial charge is 0.196 e. The molecule has 1 fully saturated rings. The summed E-state index contributed by atoms with van der Waals surface area (Å²) in [6.07, 6.45) is 1.13. The van der Waals surface area contributed by atoms with Crippen LogP contribution in [0.5, 0.6) is 0 Å². The van der Waals surface area contributed by atoms with Crippen molar-refractivity contribution in [3.05, 3.63) is 17.9 Å². The van der Waals surface area contributed by atoms with Crippen molar-refractivity contribution < 1.29 is 9.21 Å². The summed E-state index contributed by atoms with van der Waals surface area (Å²) in [6, 6.07) is 3.67. The Labute approximate surface area is 107 Å². The van der Waals surface area contributed by atoms with Gasteiger partial charge in [-0.3, -0.25) is 4.79 Å². The Morgan fingerprint density at radius 3 is 2.82 bits per heavy atom. The Hall–Kier alpha value is -0.900. The molecule has 0 N–H and O–H groups in total. The molecule has 0 amide bonds. The first-order valence-corrected chi connectivity index (χ1v) is 6.96. The van der Waals surface area contributed by atoms with Crippen LogP contribution in [0.1, 0.15) is 37.7 Å². The van der Waals surface area contributed by atoms with Crippen LogP contribution >= 0.6 is 11.8 Å². The van der Waals surface area contributed by atoms with Crippen LogP contribution in [0.2, 0.25) is 0 Å². The summed E-state index contributed by atoms with van der Waals surface area (Å²) in [5.74, 6) is 2.37. The molecule has 2 heterocycles. The van der Waals surface area contributed by atoms with Crippen molar-refractivity contribution in [2.75, 3.05) is 23.7 Å². The molecule has 17 heavy (non-hydrogen) atoms. The zero-order valence-corrected chi connectivity index (χ0v) is 11.5. The number of nitrogens with zero attached hydrogens (tertiary/aromatic N) is 1. The summed E-state index contributed by atoms with van der Waals surface area (Å²) >= 11 is 2.00. The van der Waals surface area contributed by atoms with E-state index in [1.165, 1.54) is 6.92 Å². The van der Waals surface area contributed by atoms with Gasteiger partial charge in [0.2, 0.25) is 0 Å². The quantitative estimate of drug-likeness (QED) is 0.758. The van der Waals surface area contributed by atoms with Gasteiger partial charge in [-0.05, 0) is 12.5 Å². The third kappa shape index (κ3) is 3.06. The first-order valence-electron chi connectivity index (χ1n) is 5.98. The van der Waals surface area contributed by atoms with Crippen molar-refractivity contribution >= 4 is 23.4 Å². The lowest BCUT2D eigenvalue weighted by Crippen LogP contribution is -2.26. The van der Waals surface area contributed by atoms with E-state index in [2.05, 4.69) is 18.7 Å². The van der Waals surface area contributed by atoms with Gasteiger partial charge in [-0.15, -0.1) is 0 Å². The van der Waals surface area contributed by atoms with E-state index < -0.39 is 0 Å². The van der Waals surface area contributed by atoms with Crippen molar-refractivity contribution in [1.82, 2.24) is 0 Å². The third-order valence-electron chi connectivity index (χ3n) is 3.09. The zero-order valence-electron chi connectivity index (χ0n) is 10.7. The third-order valence-corrected chi connectivity index (χ3v) is 4.46. The Bertz CT molecular complexity index is 411. The van der Waals surface area contributed by atoms with Crippen molar-refractivity contribution in [3.8, 4) is 0 Å². The molecule has 3 nitrogen and oxygen atoms in total. The summed E-state index contributed by atoms with van der Waals surface area (Å²) in [7, 11) is 0. The molecule has 1 saturated heterocycles. The van der Waals surface area contributed by atoms with Crippen molar-refractivity contribution in [2.45, 2.75) is 31.9 Å². The van der Waals surface area contributed by atoms with E-state index in [1.54, 1.807) is 6.07 Å². The van der Waals surface area contributed by atoms with Crippen LogP contribution in [0.3, 0.4) is 0 Å². The minimum Gasteiger partial charge on any atom is -0.437 e. The fourth-order valence-electron chi connectivity index (χ4n) is 1.93. The predicted octanol–water partition coefficient (Wildman–Crippen LogP) is 3.20. The second-order valence-electron chi connectivity index (χ2n) is 5.04. The van der Waals surface area contributed by atoms with E-state index in [-0.39, 0.29) is 5.78 Å². The molecule has 2 rings (SSSR count). The number of rotatable bonds is 2. The van der Waals surface area contributed by atoms with E-state index in [4.69, 9.17) is 4.42 Å². The van der Waals surface area contributed by atoms with Crippen LogP contribution in [0, 0.1) is 0 Å². The average molecular weight is 253 g/mol. The van der Waals surface area contributed by atoms with E-state index in [9.17, 15) is 4.79 Å². The van der Waals surface area contributed by atoms with Gasteiger partial charge in [0.25, 0.3) is 0 Å². The van der Waals surface area contributed by atoms with Gasteiger partial charge in [0.15, 0.2) is 17.4 Å². The second kappa shape index (κ2) is 4.77. The first kappa shape index (κ1) is 12.6. The zero-order chi connectivity index (χ0) is 12.5. The number of furan rings is 1. The van der Waals surface area contributed by atoms with E-state index in [0.717, 1.165) is 31.1 Å². The molecule has 0 atom stereocenters. The van der Waals surface area contributed by atoms with Gasteiger partial charge in [-0.1, -0.05) is 13.8 Å². The Morgan fingerprint density at radius 2 is 2.18 bits per heavy atom. The van der Waals surface area contributed by atoms with Gasteiger partial charge in [-0.25, -0.2) is 0 Å². The van der Waals surface area contributed by atoms with Crippen molar-refractivity contribution in [3.63, 3.8) is 0 Å². The molecular weight excluding hydrogens is 234 g/mol. The number of anilines is 1. The minimum absolute atomic E-state index is 0.0132. The van der Waals surface area contributed by atoms with Gasteiger partial charge in [0, 0.05) is 36.6 Å². The molecule has 1 aromatic rings. The van der Waals surface area contributed by atoms with Crippen LogP contribution in [0.4, 0.5) is 5.88 Å². The van der Waals surface area contributed by atoms with Gasteiger partial charge >= 0.3 is 0 Å². The average Bonchev–Trinajstić information content (AvgIpc) is 2.65. The largest absolute Gasteiger partial charge is 0.437 e. The Kier molecular flexibility index (Phi) is 3.52. The molecule has 0 radical (unpaired) electrons. The number of hydrogen-bond acceptors (Lipinski definition) is 4. The maximum atomic E-state index is 11.2. The summed E-state index contributed by atoms with van der Waals surface area (Å²) in [5.41, 5.74) is 0. The summed E-state index contributed by atoms with van der Waals surface area (Å²) < 4.78 is 5.91. The number of carbonyl (C=O) groups excluding carboxylic acids is 1. The standard InChI is InChI=1S/C13H19NO2S/c1-10(15)11-4-5-12(16-11)14-7-6-13(2,3)17-9-8-14/h4-5H,6-9H2,1-3H3. The fourth-order valence-corrected chi connectivity index (χ4v) is 3.03. The van der Waals surface area contributed by atoms with E-state index in [0.29, 0.717) is 10.5 Å². The summed E-state index contributed by atoms with van der Waals surface area (Å²) in [4.78, 5) is 13.4. The molecule has 0 unspecified atom stereocenters. The number of ketones is 1. The number of Topliss-reactive ketones (excluding diaryl/α,β-unsaturated/α-hetero) is 1. The lowest BCUT2D eigenvalue weighted by molar-refractivity contribution is 0.0987. The van der Waals surface area contributed by atoms with E-state index >= 15 is 0 Å². The minimum atomic E-state index is -0.0132. The molecule has 94 valence electrons. The van der Waals surface area contributed by atoms with Crippen LogP contribution < -0.4 is 4.90 Å². The molecule has 0 aromatic carbocycles. The first-order chi connectivity index (χ1) is 7.98. The van der Waals surface area contributed by atoms with Crippen LogP contribution in [-0.2, 0) is 0 Å². The van der Waals surface area contributed by atoms with Gasteiger partial charge in [0.1, 0.15) is 0 Å². The van der Waals surface area contributed by atoms with Crippen molar-refractivity contribution in [1.29, 1.82) is 0 Å². The lowest BCUT2D eigenvalue weighted by Gasteiger charge is -2.22. The molecular formula is C13H19NO2S. The van der Waals surface area contributed by atoms with Crippen LogP contribution in [0.25, 0.3) is 0 Å². The van der Waals surface area contributed by atoms with Crippen LogP contribution in [0.15, 0.2) is 16.5 Å². The highest BCUT2D eigenvalue weighted by Gasteiger charge is 2.25. The number of thioether (sulfide) groups is 1. The van der Waals surface area contributed by atoms with E-state index in [1.807, 2.05) is 17.8 Å². The topological polar surface area (TPSA) is 33.5 Å². The van der Waals surface area contributed by atoms with Crippen LogP contribution in [-0.4, -0.2) is 29.4 Å². The molecule has 1 aliphatic heterocycles. The highest BCUT2D eigenvalue weighted by Crippen LogP contribution is 2.32. The molecule has 0 aliphatic carbocycles. The maximum absolute atomic E-state index is 11.2. The molecule has 0 saturated carbocycles. The number of hydrogen-bond donors (Lipinski definition) is 0. The predicted molar refractivity (Wildman–Crippen MR) is 72.1 cm³/mol. The number of carbonyl (C=O) groups is 1. The fraction of sp³-hybridized carbons (Fsp3) is 0.615. The highest BCUT2D eigenvalue weighted by atomic mass is 32.2. The second-order valence-corrected chi connectivity index (χ2v) is 6.84. The molecule has 0 spiro atoms. The molecule has 0 bridgehead atoms. The molecule has 4 heteroatoms. The van der Waals surface area contributed by atoms with Crippen molar-refractivity contribution in [2.24, 2.45) is 0 Å². The van der Waals surface area contributed by atoms with Gasteiger partial charge in [0.05, 0.1) is 0 Å². The van der Waals surface area contributed by atoms with Gasteiger partial charge in [-0.2, -0.15) is 11.8 Å². The van der Waals surface area contributed by atoms with Gasteiger partial charge < -0.3 is 9.32 Å².